The molecule has 1 saturated heterocycles. The fourth-order valence-electron chi connectivity index (χ4n) is 2.91. The lowest BCUT2D eigenvalue weighted by Gasteiger charge is -2.41. The van der Waals surface area contributed by atoms with Gasteiger partial charge in [0.2, 0.25) is 5.78 Å². The molecule has 1 N–H and O–H groups in total. The number of aromatic nitrogens is 2. The summed E-state index contributed by atoms with van der Waals surface area (Å²) < 4.78 is 0. The summed E-state index contributed by atoms with van der Waals surface area (Å²) >= 11 is 0. The largest absolute Gasteiger partial charge is 0.354 e. The number of carbonyl (C=O) groups excluding carboxylic acids is 1. The van der Waals surface area contributed by atoms with E-state index in [9.17, 15) is 4.79 Å². The first-order valence-corrected chi connectivity index (χ1v) is 8.35. The van der Waals surface area contributed by atoms with Crippen molar-refractivity contribution in [3.8, 4) is 0 Å². The Balaban J connectivity index is 1.82. The molecular formula is C19H24N4O. The van der Waals surface area contributed by atoms with Gasteiger partial charge in [-0.1, -0.05) is 26.8 Å². The van der Waals surface area contributed by atoms with Crippen LogP contribution in [0, 0.1) is 5.41 Å². The Morgan fingerprint density at radius 1 is 1.25 bits per heavy atom. The molecule has 126 valence electrons. The molecule has 3 rings (SSSR count). The summed E-state index contributed by atoms with van der Waals surface area (Å²) in [5, 5.41) is 3.58. The minimum atomic E-state index is -0.0903. The fourth-order valence-corrected chi connectivity index (χ4v) is 2.91. The molecule has 0 aromatic carbocycles. The highest BCUT2D eigenvalue weighted by Gasteiger charge is 2.30. The number of anilines is 1. The SMILES string of the molecule is CC(C)(C)[C@H]1CN(c2cccc(C(=O)c3cccnc3)n2)CCN1. The monoisotopic (exact) mass is 324 g/mol. The van der Waals surface area contributed by atoms with Crippen LogP contribution in [0.2, 0.25) is 0 Å². The lowest BCUT2D eigenvalue weighted by molar-refractivity contribution is 0.103. The summed E-state index contributed by atoms with van der Waals surface area (Å²) in [6, 6.07) is 9.57. The van der Waals surface area contributed by atoms with Crippen LogP contribution in [-0.2, 0) is 0 Å². The summed E-state index contributed by atoms with van der Waals surface area (Å²) in [7, 11) is 0. The third-order valence-electron chi connectivity index (χ3n) is 4.44. The highest BCUT2D eigenvalue weighted by molar-refractivity contribution is 6.07. The van der Waals surface area contributed by atoms with E-state index in [1.54, 1.807) is 30.6 Å². The number of ketones is 1. The predicted molar refractivity (Wildman–Crippen MR) is 95.4 cm³/mol. The van der Waals surface area contributed by atoms with E-state index in [2.05, 4.69) is 41.0 Å². The van der Waals surface area contributed by atoms with E-state index in [-0.39, 0.29) is 11.2 Å². The molecule has 0 aliphatic carbocycles. The summed E-state index contributed by atoms with van der Waals surface area (Å²) in [5.41, 5.74) is 1.21. The number of pyridine rings is 2. The second-order valence-electron chi connectivity index (χ2n) is 7.27. The number of piperazine rings is 1. The van der Waals surface area contributed by atoms with E-state index in [0.717, 1.165) is 25.5 Å². The van der Waals surface area contributed by atoms with Gasteiger partial charge >= 0.3 is 0 Å². The molecule has 1 aliphatic heterocycles. The van der Waals surface area contributed by atoms with Gasteiger partial charge < -0.3 is 10.2 Å². The van der Waals surface area contributed by atoms with Gasteiger partial charge in [-0.15, -0.1) is 0 Å². The fraction of sp³-hybridized carbons (Fsp3) is 0.421. The number of carbonyl (C=O) groups is 1. The van der Waals surface area contributed by atoms with Crippen molar-refractivity contribution in [2.45, 2.75) is 26.8 Å². The molecule has 1 aliphatic rings. The Morgan fingerprint density at radius 2 is 2.08 bits per heavy atom. The van der Waals surface area contributed by atoms with Crippen molar-refractivity contribution in [2.75, 3.05) is 24.5 Å². The first-order chi connectivity index (χ1) is 11.4. The van der Waals surface area contributed by atoms with Crippen molar-refractivity contribution >= 4 is 11.6 Å². The van der Waals surface area contributed by atoms with Crippen LogP contribution >= 0.6 is 0 Å². The van der Waals surface area contributed by atoms with Crippen molar-refractivity contribution in [3.05, 3.63) is 54.0 Å². The average Bonchev–Trinajstić information content (AvgIpc) is 2.61. The van der Waals surface area contributed by atoms with Crippen LogP contribution in [0.15, 0.2) is 42.7 Å². The van der Waals surface area contributed by atoms with Crippen molar-refractivity contribution in [1.29, 1.82) is 0 Å². The van der Waals surface area contributed by atoms with Crippen LogP contribution in [0.5, 0.6) is 0 Å². The van der Waals surface area contributed by atoms with Gasteiger partial charge in [0.05, 0.1) is 0 Å². The lowest BCUT2D eigenvalue weighted by atomic mass is 9.85. The summed E-state index contributed by atoms with van der Waals surface area (Å²) in [5.74, 6) is 0.771. The van der Waals surface area contributed by atoms with Crippen LogP contribution in [-0.4, -0.2) is 41.4 Å². The Hall–Kier alpha value is -2.27. The van der Waals surface area contributed by atoms with Gasteiger partial charge in [-0.2, -0.15) is 0 Å². The van der Waals surface area contributed by atoms with Crippen molar-refractivity contribution in [2.24, 2.45) is 5.41 Å². The summed E-state index contributed by atoms with van der Waals surface area (Å²) in [6.45, 7) is 9.42. The van der Waals surface area contributed by atoms with Gasteiger partial charge in [-0.3, -0.25) is 9.78 Å². The molecule has 0 spiro atoms. The highest BCUT2D eigenvalue weighted by Crippen LogP contribution is 2.24. The number of nitrogens with zero attached hydrogens (tertiary/aromatic N) is 3. The van der Waals surface area contributed by atoms with Gasteiger partial charge in [0, 0.05) is 43.6 Å². The smallest absolute Gasteiger partial charge is 0.212 e. The zero-order valence-corrected chi connectivity index (χ0v) is 14.5. The second kappa shape index (κ2) is 6.69. The standard InChI is InChI=1S/C19H24N4O/c1-19(2,3)16-13-23(11-10-21-16)17-8-4-7-15(22-17)18(24)14-6-5-9-20-12-14/h4-9,12,16,21H,10-11,13H2,1-3H3/t16-/m1/s1. The normalized spacial score (nSPS) is 18.5. The molecule has 3 heterocycles. The Bertz CT molecular complexity index is 709. The third-order valence-corrected chi connectivity index (χ3v) is 4.44. The molecule has 1 fully saturated rings. The van der Waals surface area contributed by atoms with Crippen LogP contribution in [0.1, 0.15) is 36.8 Å². The van der Waals surface area contributed by atoms with Crippen LogP contribution in [0.25, 0.3) is 0 Å². The predicted octanol–water partition coefficient (Wildman–Crippen LogP) is 2.53. The minimum absolute atomic E-state index is 0.0903. The third kappa shape index (κ3) is 3.62. The molecule has 24 heavy (non-hydrogen) atoms. The van der Waals surface area contributed by atoms with Crippen molar-refractivity contribution in [1.82, 2.24) is 15.3 Å². The molecule has 0 bridgehead atoms. The molecule has 0 saturated carbocycles. The molecule has 0 radical (unpaired) electrons. The Labute approximate surface area is 143 Å². The Morgan fingerprint density at radius 3 is 2.79 bits per heavy atom. The van der Waals surface area contributed by atoms with E-state index < -0.39 is 0 Å². The van der Waals surface area contributed by atoms with E-state index in [1.165, 1.54) is 0 Å². The molecule has 0 amide bonds. The summed E-state index contributed by atoms with van der Waals surface area (Å²) in [4.78, 5) is 23.5. The van der Waals surface area contributed by atoms with E-state index in [1.807, 2.05) is 12.1 Å². The van der Waals surface area contributed by atoms with Gasteiger partial charge in [0.15, 0.2) is 0 Å². The topological polar surface area (TPSA) is 58.1 Å². The molecule has 2 aromatic rings. The van der Waals surface area contributed by atoms with Crippen LogP contribution < -0.4 is 10.2 Å². The number of rotatable bonds is 3. The molecule has 2 aromatic heterocycles. The molecule has 0 unspecified atom stereocenters. The van der Waals surface area contributed by atoms with Gasteiger partial charge in [0.1, 0.15) is 11.5 Å². The maximum absolute atomic E-state index is 12.6. The number of hydrogen-bond acceptors (Lipinski definition) is 5. The average molecular weight is 324 g/mol. The van der Waals surface area contributed by atoms with Gasteiger partial charge in [-0.25, -0.2) is 4.98 Å². The molecule has 5 nitrogen and oxygen atoms in total. The minimum Gasteiger partial charge on any atom is -0.354 e. The van der Waals surface area contributed by atoms with Crippen molar-refractivity contribution in [3.63, 3.8) is 0 Å². The maximum atomic E-state index is 12.6. The summed E-state index contributed by atoms with van der Waals surface area (Å²) in [6.07, 6.45) is 3.24. The zero-order valence-electron chi connectivity index (χ0n) is 14.5. The van der Waals surface area contributed by atoms with Crippen LogP contribution in [0.3, 0.4) is 0 Å². The van der Waals surface area contributed by atoms with Gasteiger partial charge in [-0.05, 0) is 29.7 Å². The first kappa shape index (κ1) is 16.6. The zero-order chi connectivity index (χ0) is 17.2. The first-order valence-electron chi connectivity index (χ1n) is 8.35. The van der Waals surface area contributed by atoms with E-state index in [0.29, 0.717) is 17.3 Å². The number of nitrogens with one attached hydrogen (secondary N) is 1. The number of hydrogen-bond donors (Lipinski definition) is 1. The maximum Gasteiger partial charge on any atom is 0.212 e. The van der Waals surface area contributed by atoms with E-state index in [4.69, 9.17) is 0 Å². The van der Waals surface area contributed by atoms with Crippen LogP contribution in [0.4, 0.5) is 5.82 Å². The highest BCUT2D eigenvalue weighted by atomic mass is 16.1. The van der Waals surface area contributed by atoms with E-state index >= 15 is 0 Å². The van der Waals surface area contributed by atoms with Gasteiger partial charge in [0.25, 0.3) is 0 Å². The molecular weight excluding hydrogens is 300 g/mol. The Kier molecular flexibility index (Phi) is 4.62. The quantitative estimate of drug-likeness (QED) is 0.879. The second-order valence-corrected chi connectivity index (χ2v) is 7.27. The molecule has 1 atom stereocenters. The molecule has 5 heteroatoms. The van der Waals surface area contributed by atoms with Crippen molar-refractivity contribution < 1.29 is 4.79 Å². The lowest BCUT2D eigenvalue weighted by Crippen LogP contribution is -2.56.